The summed E-state index contributed by atoms with van der Waals surface area (Å²) in [5.41, 5.74) is 1.29. The summed E-state index contributed by atoms with van der Waals surface area (Å²) in [6.07, 6.45) is -0.333. The van der Waals surface area contributed by atoms with Gasteiger partial charge in [-0.25, -0.2) is 0 Å². The Morgan fingerprint density at radius 1 is 1.20 bits per heavy atom. The highest BCUT2D eigenvalue weighted by atomic mass is 16.5. The summed E-state index contributed by atoms with van der Waals surface area (Å²) in [6, 6.07) is 10.9. The number of ether oxygens (including phenoxy) is 1. The summed E-state index contributed by atoms with van der Waals surface area (Å²) in [6.45, 7) is 9.16. The molecule has 0 radical (unpaired) electrons. The number of carbonyl (C=O) groups excluding carboxylic acids is 1. The van der Waals surface area contributed by atoms with Crippen molar-refractivity contribution in [3.8, 4) is 0 Å². The zero-order chi connectivity index (χ0) is 17.6. The second-order valence-electron chi connectivity index (χ2n) is 7.07. The van der Waals surface area contributed by atoms with Crippen LogP contribution in [0.5, 0.6) is 0 Å². The van der Waals surface area contributed by atoms with Crippen LogP contribution in [-0.2, 0) is 9.53 Å². The first kappa shape index (κ1) is 18.2. The fourth-order valence-corrected chi connectivity index (χ4v) is 3.49. The van der Waals surface area contributed by atoms with Gasteiger partial charge < -0.3 is 19.9 Å². The van der Waals surface area contributed by atoms with E-state index in [1.165, 1.54) is 5.69 Å². The maximum Gasteiger partial charge on any atom is 0.250 e. The Bertz CT molecular complexity index is 546. The van der Waals surface area contributed by atoms with E-state index in [0.717, 1.165) is 32.7 Å². The summed E-state index contributed by atoms with van der Waals surface area (Å²) in [7, 11) is 2.03. The fourth-order valence-electron chi connectivity index (χ4n) is 3.49. The number of hydrogen-bond acceptors (Lipinski definition) is 5. The van der Waals surface area contributed by atoms with Crippen LogP contribution in [0.1, 0.15) is 6.92 Å². The molecule has 2 heterocycles. The van der Waals surface area contributed by atoms with E-state index in [4.69, 9.17) is 4.74 Å². The Morgan fingerprint density at radius 2 is 1.92 bits per heavy atom. The molecule has 0 unspecified atom stereocenters. The molecule has 0 spiro atoms. The van der Waals surface area contributed by atoms with E-state index in [-0.39, 0.29) is 12.0 Å². The minimum absolute atomic E-state index is 0.0151. The first-order chi connectivity index (χ1) is 12.1. The summed E-state index contributed by atoms with van der Waals surface area (Å²) in [4.78, 5) is 19.3. The highest BCUT2D eigenvalue weighted by molar-refractivity contribution is 5.81. The summed E-state index contributed by atoms with van der Waals surface area (Å²) >= 11 is 0. The molecule has 1 aromatic carbocycles. The average molecular weight is 346 g/mol. The minimum Gasteiger partial charge on any atom is -0.369 e. The molecule has 0 aliphatic carbocycles. The highest BCUT2D eigenvalue weighted by Gasteiger charge is 2.26. The fraction of sp³-hybridized carbons (Fsp3) is 0.632. The van der Waals surface area contributed by atoms with Crippen LogP contribution in [0.4, 0.5) is 5.69 Å². The number of nitrogens with zero attached hydrogens (tertiary/aromatic N) is 3. The van der Waals surface area contributed by atoms with E-state index in [0.29, 0.717) is 25.7 Å². The Balaban J connectivity index is 1.40. The van der Waals surface area contributed by atoms with Crippen LogP contribution in [0, 0.1) is 0 Å². The number of nitrogens with one attached hydrogen (secondary N) is 1. The summed E-state index contributed by atoms with van der Waals surface area (Å²) in [5.74, 6) is 0.0151. The largest absolute Gasteiger partial charge is 0.369 e. The molecule has 2 fully saturated rings. The van der Waals surface area contributed by atoms with Crippen LogP contribution in [0.25, 0.3) is 0 Å². The number of likely N-dealkylation sites (N-methyl/N-ethyl adjacent to an activating group) is 1. The molecule has 2 aliphatic heterocycles. The second kappa shape index (κ2) is 8.65. The quantitative estimate of drug-likeness (QED) is 0.848. The third kappa shape index (κ3) is 4.93. The molecular formula is C19H30N4O2. The Hall–Kier alpha value is -1.63. The van der Waals surface area contributed by atoms with E-state index >= 15 is 0 Å². The number of carbonyl (C=O) groups is 1. The summed E-state index contributed by atoms with van der Waals surface area (Å²) < 4.78 is 5.58. The lowest BCUT2D eigenvalue weighted by atomic mass is 10.2. The van der Waals surface area contributed by atoms with Crippen molar-refractivity contribution >= 4 is 11.6 Å². The van der Waals surface area contributed by atoms with Crippen molar-refractivity contribution in [1.82, 2.24) is 15.1 Å². The molecule has 1 N–H and O–H groups in total. The number of para-hydroxylation sites is 1. The van der Waals surface area contributed by atoms with Gasteiger partial charge in [0.25, 0.3) is 5.91 Å². The van der Waals surface area contributed by atoms with E-state index in [1.54, 1.807) is 0 Å². The molecule has 1 aromatic rings. The zero-order valence-electron chi connectivity index (χ0n) is 15.4. The van der Waals surface area contributed by atoms with E-state index in [1.807, 2.05) is 7.05 Å². The van der Waals surface area contributed by atoms with Gasteiger partial charge in [-0.2, -0.15) is 0 Å². The van der Waals surface area contributed by atoms with Crippen LogP contribution < -0.4 is 10.2 Å². The molecule has 25 heavy (non-hydrogen) atoms. The lowest BCUT2D eigenvalue weighted by molar-refractivity contribution is -0.138. The number of piperazine rings is 1. The zero-order valence-corrected chi connectivity index (χ0v) is 15.4. The molecule has 0 saturated carbocycles. The number of amides is 1. The third-order valence-electron chi connectivity index (χ3n) is 5.19. The van der Waals surface area contributed by atoms with Gasteiger partial charge in [-0.3, -0.25) is 9.69 Å². The molecule has 2 aliphatic rings. The molecule has 3 rings (SSSR count). The molecule has 0 aromatic heterocycles. The number of rotatable bonds is 5. The lowest BCUT2D eigenvalue weighted by Crippen LogP contribution is -2.54. The van der Waals surface area contributed by atoms with Gasteiger partial charge in [0.1, 0.15) is 6.10 Å². The van der Waals surface area contributed by atoms with Gasteiger partial charge in [0.05, 0.1) is 6.61 Å². The van der Waals surface area contributed by atoms with Crippen LogP contribution in [0.15, 0.2) is 30.3 Å². The maximum atomic E-state index is 12.3. The van der Waals surface area contributed by atoms with Crippen molar-refractivity contribution in [1.29, 1.82) is 0 Å². The number of morpholine rings is 1. The van der Waals surface area contributed by atoms with Crippen molar-refractivity contribution in [3.05, 3.63) is 30.3 Å². The van der Waals surface area contributed by atoms with Gasteiger partial charge in [0.2, 0.25) is 0 Å². The van der Waals surface area contributed by atoms with E-state index in [9.17, 15) is 4.79 Å². The SMILES string of the molecule is C[C@@H](CNC(=O)[C@@H]1CN(C)CCO1)N1CCN(c2ccccc2)CC1. The normalized spacial score (nSPS) is 24.1. The topological polar surface area (TPSA) is 48.1 Å². The minimum atomic E-state index is -0.333. The maximum absolute atomic E-state index is 12.3. The van der Waals surface area contributed by atoms with Gasteiger partial charge in [0.15, 0.2) is 0 Å². The third-order valence-corrected chi connectivity index (χ3v) is 5.19. The van der Waals surface area contributed by atoms with Crippen molar-refractivity contribution in [2.75, 3.05) is 64.4 Å². The predicted molar refractivity (Wildman–Crippen MR) is 99.9 cm³/mol. The van der Waals surface area contributed by atoms with Crippen molar-refractivity contribution < 1.29 is 9.53 Å². The van der Waals surface area contributed by atoms with Crippen LogP contribution >= 0.6 is 0 Å². The van der Waals surface area contributed by atoms with E-state index in [2.05, 4.69) is 57.3 Å². The van der Waals surface area contributed by atoms with Gasteiger partial charge in [-0.05, 0) is 26.1 Å². The predicted octanol–water partition coefficient (Wildman–Crippen LogP) is 0.644. The van der Waals surface area contributed by atoms with Gasteiger partial charge >= 0.3 is 0 Å². The first-order valence-electron chi connectivity index (χ1n) is 9.25. The van der Waals surface area contributed by atoms with Gasteiger partial charge in [0, 0.05) is 57.5 Å². The molecule has 6 heteroatoms. The van der Waals surface area contributed by atoms with Crippen LogP contribution in [-0.4, -0.2) is 87.3 Å². The number of anilines is 1. The Kier molecular flexibility index (Phi) is 6.29. The molecule has 6 nitrogen and oxygen atoms in total. The first-order valence-corrected chi connectivity index (χ1v) is 9.25. The monoisotopic (exact) mass is 346 g/mol. The van der Waals surface area contributed by atoms with Gasteiger partial charge in [-0.15, -0.1) is 0 Å². The smallest absolute Gasteiger partial charge is 0.250 e. The molecule has 2 saturated heterocycles. The highest BCUT2D eigenvalue weighted by Crippen LogP contribution is 2.16. The average Bonchev–Trinajstić information content (AvgIpc) is 2.66. The van der Waals surface area contributed by atoms with Gasteiger partial charge in [-0.1, -0.05) is 18.2 Å². The molecule has 0 bridgehead atoms. The number of benzene rings is 1. The molecule has 2 atom stereocenters. The number of hydrogen-bond donors (Lipinski definition) is 1. The van der Waals surface area contributed by atoms with Crippen molar-refractivity contribution in [3.63, 3.8) is 0 Å². The van der Waals surface area contributed by atoms with Crippen molar-refractivity contribution in [2.24, 2.45) is 0 Å². The van der Waals surface area contributed by atoms with Crippen molar-refractivity contribution in [2.45, 2.75) is 19.1 Å². The molecule has 138 valence electrons. The summed E-state index contributed by atoms with van der Waals surface area (Å²) in [5, 5.41) is 3.07. The van der Waals surface area contributed by atoms with E-state index < -0.39 is 0 Å². The Labute approximate surface area is 150 Å². The molecular weight excluding hydrogens is 316 g/mol. The molecule has 1 amide bonds. The Morgan fingerprint density at radius 3 is 2.60 bits per heavy atom. The second-order valence-corrected chi connectivity index (χ2v) is 7.07. The lowest BCUT2D eigenvalue weighted by Gasteiger charge is -2.39. The standard InChI is InChI=1S/C19H30N4O2/c1-16(14-20-19(24)18-15-21(2)12-13-25-18)22-8-10-23(11-9-22)17-6-4-3-5-7-17/h3-7,16,18H,8-15H2,1-2H3,(H,20,24)/t16-,18-/m0/s1. The van der Waals surface area contributed by atoms with Crippen LogP contribution in [0.2, 0.25) is 0 Å². The van der Waals surface area contributed by atoms with Crippen LogP contribution in [0.3, 0.4) is 0 Å².